The smallest absolute Gasteiger partial charge is 0.0282 e. The van der Waals surface area contributed by atoms with E-state index in [1.54, 1.807) is 0 Å². The lowest BCUT2D eigenvalue weighted by Crippen LogP contribution is -2.03. The summed E-state index contributed by atoms with van der Waals surface area (Å²) in [4.78, 5) is 2.54. The average Bonchev–Trinajstić information content (AvgIpc) is 2.57. The predicted molar refractivity (Wildman–Crippen MR) is 42.9 cm³/mol. The minimum absolute atomic E-state index is 0.871. The minimum Gasteiger partial charge on any atom is -0.297 e. The molecule has 0 N–H and O–H groups in total. The molecule has 2 unspecified atom stereocenters. The van der Waals surface area contributed by atoms with Crippen LogP contribution >= 0.6 is 0 Å². The Morgan fingerprint density at radius 1 is 1.30 bits per heavy atom. The Bertz CT molecular complexity index is 130. The Hall–Kier alpha value is -0.0400. The fourth-order valence-electron chi connectivity index (χ4n) is 2.30. The molecule has 1 aliphatic carbocycles. The molecule has 1 aliphatic heterocycles. The number of hydrogen-bond acceptors (Lipinski definition) is 1. The summed E-state index contributed by atoms with van der Waals surface area (Å²) in [6.07, 6.45) is 3.00. The van der Waals surface area contributed by atoms with E-state index < -0.39 is 0 Å². The monoisotopic (exact) mass is 139 g/mol. The van der Waals surface area contributed by atoms with Crippen molar-refractivity contribution in [3.8, 4) is 0 Å². The molecule has 2 aliphatic rings. The molecule has 1 heteroatoms. The topological polar surface area (TPSA) is 3.01 Å². The molecule has 0 spiro atoms. The summed E-state index contributed by atoms with van der Waals surface area (Å²) in [5.74, 6) is 1.95. The minimum atomic E-state index is 0.871. The number of likely N-dealkylation sites (N-methyl/N-ethyl adjacent to an activating group) is 1. The summed E-state index contributed by atoms with van der Waals surface area (Å²) in [5.41, 5.74) is 0. The van der Waals surface area contributed by atoms with E-state index in [9.17, 15) is 0 Å². The molecule has 0 aromatic rings. The van der Waals surface area contributed by atoms with Gasteiger partial charge in [0.15, 0.2) is 0 Å². The van der Waals surface area contributed by atoms with Gasteiger partial charge in [-0.3, -0.25) is 4.90 Å². The van der Waals surface area contributed by atoms with Crippen molar-refractivity contribution in [2.24, 2.45) is 11.8 Å². The maximum Gasteiger partial charge on any atom is 0.0282 e. The Kier molecular flexibility index (Phi) is 1.31. The van der Waals surface area contributed by atoms with Gasteiger partial charge in [-0.05, 0) is 31.7 Å². The Balaban J connectivity index is 1.90. The fourth-order valence-corrected chi connectivity index (χ4v) is 2.30. The largest absolute Gasteiger partial charge is 0.297 e. The molecule has 0 amide bonds. The van der Waals surface area contributed by atoms with Crippen LogP contribution in [-0.2, 0) is 0 Å². The third-order valence-electron chi connectivity index (χ3n) is 2.99. The maximum atomic E-state index is 2.54. The van der Waals surface area contributed by atoms with Gasteiger partial charge < -0.3 is 0 Å². The first kappa shape index (κ1) is 6.66. The molecule has 10 heavy (non-hydrogen) atoms. The van der Waals surface area contributed by atoms with Crippen LogP contribution in [-0.4, -0.2) is 24.0 Å². The van der Waals surface area contributed by atoms with Gasteiger partial charge in [0.2, 0.25) is 0 Å². The molecule has 0 bridgehead atoms. The SMILES string of the molecule is CC(C)[C@@H]1C(C2CC2)N1C. The Morgan fingerprint density at radius 2 is 1.90 bits per heavy atom. The molecule has 1 saturated heterocycles. The van der Waals surface area contributed by atoms with Crippen molar-refractivity contribution < 1.29 is 0 Å². The zero-order valence-electron chi connectivity index (χ0n) is 7.17. The summed E-state index contributed by atoms with van der Waals surface area (Å²) < 4.78 is 0. The van der Waals surface area contributed by atoms with Crippen molar-refractivity contribution in [1.29, 1.82) is 0 Å². The van der Waals surface area contributed by atoms with Gasteiger partial charge in [0.25, 0.3) is 0 Å². The predicted octanol–water partition coefficient (Wildman–Crippen LogP) is 1.74. The first-order chi connectivity index (χ1) is 4.72. The molecule has 0 radical (unpaired) electrons. The van der Waals surface area contributed by atoms with E-state index in [0.717, 1.165) is 23.9 Å². The highest BCUT2D eigenvalue weighted by atomic mass is 15.3. The summed E-state index contributed by atoms with van der Waals surface area (Å²) in [6, 6.07) is 1.90. The molecule has 1 nitrogen and oxygen atoms in total. The molecule has 1 heterocycles. The van der Waals surface area contributed by atoms with Crippen molar-refractivity contribution in [2.45, 2.75) is 38.8 Å². The van der Waals surface area contributed by atoms with Gasteiger partial charge in [0.05, 0.1) is 0 Å². The highest BCUT2D eigenvalue weighted by Crippen LogP contribution is 2.47. The van der Waals surface area contributed by atoms with Crippen LogP contribution in [0.5, 0.6) is 0 Å². The van der Waals surface area contributed by atoms with Crippen molar-refractivity contribution in [1.82, 2.24) is 4.90 Å². The zero-order valence-corrected chi connectivity index (χ0v) is 7.17. The van der Waals surface area contributed by atoms with Gasteiger partial charge in [-0.25, -0.2) is 0 Å². The van der Waals surface area contributed by atoms with E-state index >= 15 is 0 Å². The van der Waals surface area contributed by atoms with Gasteiger partial charge in [-0.1, -0.05) is 13.8 Å². The third-order valence-corrected chi connectivity index (χ3v) is 2.99. The summed E-state index contributed by atoms with van der Waals surface area (Å²) in [6.45, 7) is 4.67. The first-order valence-corrected chi connectivity index (χ1v) is 4.43. The molecule has 2 rings (SSSR count). The van der Waals surface area contributed by atoms with Crippen molar-refractivity contribution >= 4 is 0 Å². The fraction of sp³-hybridized carbons (Fsp3) is 1.00. The standard InChI is InChI=1S/C9H17N/c1-6(2)8-9(10(8)3)7-4-5-7/h6-9H,4-5H2,1-3H3/t8-,9?,10?/m1/s1. The second-order valence-electron chi connectivity index (χ2n) is 4.23. The lowest BCUT2D eigenvalue weighted by atomic mass is 10.1. The van der Waals surface area contributed by atoms with Crippen LogP contribution in [0, 0.1) is 11.8 Å². The van der Waals surface area contributed by atoms with Crippen LogP contribution in [0.4, 0.5) is 0 Å². The normalized spacial score (nSPS) is 46.2. The highest BCUT2D eigenvalue weighted by molar-refractivity contribution is 5.08. The highest BCUT2D eigenvalue weighted by Gasteiger charge is 2.53. The summed E-state index contributed by atoms with van der Waals surface area (Å²) >= 11 is 0. The quantitative estimate of drug-likeness (QED) is 0.527. The van der Waals surface area contributed by atoms with Crippen molar-refractivity contribution in [2.75, 3.05) is 7.05 Å². The Morgan fingerprint density at radius 3 is 2.20 bits per heavy atom. The molecule has 0 aromatic heterocycles. The second kappa shape index (κ2) is 1.97. The van der Waals surface area contributed by atoms with Crippen molar-refractivity contribution in [3.63, 3.8) is 0 Å². The van der Waals surface area contributed by atoms with Crippen LogP contribution in [0.2, 0.25) is 0 Å². The van der Waals surface area contributed by atoms with Gasteiger partial charge in [0.1, 0.15) is 0 Å². The van der Waals surface area contributed by atoms with E-state index in [2.05, 4.69) is 25.8 Å². The summed E-state index contributed by atoms with van der Waals surface area (Å²) in [5, 5.41) is 0. The zero-order chi connectivity index (χ0) is 7.30. The lowest BCUT2D eigenvalue weighted by Gasteiger charge is -1.98. The molecule has 3 atom stereocenters. The number of rotatable bonds is 2. The third kappa shape index (κ3) is 0.878. The molecule has 1 saturated carbocycles. The van der Waals surface area contributed by atoms with Gasteiger partial charge >= 0.3 is 0 Å². The van der Waals surface area contributed by atoms with E-state index in [4.69, 9.17) is 0 Å². The molecular formula is C9H17N. The summed E-state index contributed by atoms with van der Waals surface area (Å²) in [7, 11) is 2.27. The number of hydrogen-bond donors (Lipinski definition) is 0. The van der Waals surface area contributed by atoms with Crippen LogP contribution in [0.25, 0.3) is 0 Å². The van der Waals surface area contributed by atoms with Crippen LogP contribution in [0.1, 0.15) is 26.7 Å². The van der Waals surface area contributed by atoms with Gasteiger partial charge in [0, 0.05) is 12.1 Å². The maximum absolute atomic E-state index is 2.54. The molecule has 0 aromatic carbocycles. The second-order valence-corrected chi connectivity index (χ2v) is 4.23. The van der Waals surface area contributed by atoms with Crippen molar-refractivity contribution in [3.05, 3.63) is 0 Å². The molecule has 2 fully saturated rings. The number of nitrogens with zero attached hydrogens (tertiary/aromatic N) is 1. The van der Waals surface area contributed by atoms with Crippen LogP contribution < -0.4 is 0 Å². The van der Waals surface area contributed by atoms with E-state index in [-0.39, 0.29) is 0 Å². The Labute approximate surface area is 63.4 Å². The van der Waals surface area contributed by atoms with Crippen LogP contribution in [0.15, 0.2) is 0 Å². The average molecular weight is 139 g/mol. The molecule has 58 valence electrons. The van der Waals surface area contributed by atoms with E-state index in [0.29, 0.717) is 0 Å². The van der Waals surface area contributed by atoms with Gasteiger partial charge in [-0.2, -0.15) is 0 Å². The van der Waals surface area contributed by atoms with Gasteiger partial charge in [-0.15, -0.1) is 0 Å². The van der Waals surface area contributed by atoms with E-state index in [1.165, 1.54) is 12.8 Å². The lowest BCUT2D eigenvalue weighted by molar-refractivity contribution is 0.501. The first-order valence-electron chi connectivity index (χ1n) is 4.43. The molecular weight excluding hydrogens is 122 g/mol. The van der Waals surface area contributed by atoms with Crippen LogP contribution in [0.3, 0.4) is 0 Å². The van der Waals surface area contributed by atoms with E-state index in [1.807, 2.05) is 0 Å².